The monoisotopic (exact) mass is 517 g/mol. The van der Waals surface area contributed by atoms with Crippen LogP contribution in [0.25, 0.3) is 33.3 Å². The fourth-order valence-electron chi connectivity index (χ4n) is 4.87. The molecule has 1 N–H and O–H groups in total. The number of likely N-dealkylation sites (tertiary alicyclic amines) is 1. The zero-order valence-electron chi connectivity index (χ0n) is 21.0. The van der Waals surface area contributed by atoms with Crippen LogP contribution in [0.1, 0.15) is 18.7 Å². The molecule has 0 radical (unpaired) electrons. The van der Waals surface area contributed by atoms with Crippen molar-refractivity contribution in [2.75, 3.05) is 27.2 Å². The van der Waals surface area contributed by atoms with Gasteiger partial charge in [0.25, 0.3) is 0 Å². The first-order valence-electron chi connectivity index (χ1n) is 12.4. The van der Waals surface area contributed by atoms with Gasteiger partial charge >= 0.3 is 0 Å². The third kappa shape index (κ3) is 4.72. The number of hydrogen-bond donors (Lipinski definition) is 1. The highest BCUT2D eigenvalue weighted by atomic mass is 35.5. The van der Waals surface area contributed by atoms with Crippen molar-refractivity contribution in [3.05, 3.63) is 53.7 Å². The summed E-state index contributed by atoms with van der Waals surface area (Å²) in [5.41, 5.74) is 4.47. The number of rotatable bonds is 6. The normalized spacial score (nSPS) is 15.0. The molecule has 37 heavy (non-hydrogen) atoms. The molecule has 0 bridgehead atoms. The zero-order chi connectivity index (χ0) is 25.5. The Morgan fingerprint density at radius 1 is 1.08 bits per heavy atom. The molecule has 4 heterocycles. The Bertz CT molecular complexity index is 1590. The molecular formula is C27H28ClN7O2. The molecule has 190 valence electrons. The van der Waals surface area contributed by atoms with Gasteiger partial charge in [-0.3, -0.25) is 9.67 Å². The first kappa shape index (κ1) is 23.7. The molecule has 5 aromatic rings. The number of halogens is 1. The molecule has 9 nitrogen and oxygen atoms in total. The van der Waals surface area contributed by atoms with E-state index in [-0.39, 0.29) is 0 Å². The standard InChI is InChI=1S/C27H28ClN7O2/c1-16-31-21-10-19(11-24(36-3)26(21)32-16)37-23-5-4-20-27(25(23)28)33-22(13-29-20)18-12-30-35(15-18)14-17-6-8-34(2)9-7-17/h4-5,10-13,15,17H,6-9,14H2,1-3H3,(H,31,32). The number of fused-ring (bicyclic) bond motifs is 2. The van der Waals surface area contributed by atoms with Gasteiger partial charge in [0.15, 0.2) is 0 Å². The minimum Gasteiger partial charge on any atom is -0.494 e. The van der Waals surface area contributed by atoms with Crippen LogP contribution in [0.15, 0.2) is 42.9 Å². The molecule has 0 amide bonds. The maximum absolute atomic E-state index is 6.79. The second-order valence-corrected chi connectivity index (χ2v) is 10.0. The van der Waals surface area contributed by atoms with Crippen molar-refractivity contribution in [3.63, 3.8) is 0 Å². The predicted octanol–water partition coefficient (Wildman–Crippen LogP) is 5.47. The lowest BCUT2D eigenvalue weighted by Gasteiger charge is -2.28. The van der Waals surface area contributed by atoms with Gasteiger partial charge in [0.2, 0.25) is 0 Å². The summed E-state index contributed by atoms with van der Waals surface area (Å²) < 4.78 is 13.7. The average Bonchev–Trinajstić information content (AvgIpc) is 3.52. The van der Waals surface area contributed by atoms with Crippen LogP contribution >= 0.6 is 11.6 Å². The lowest BCUT2D eigenvalue weighted by atomic mass is 9.97. The second-order valence-electron chi connectivity index (χ2n) is 9.64. The molecule has 1 aliphatic rings. The summed E-state index contributed by atoms with van der Waals surface area (Å²) in [7, 11) is 3.79. The quantitative estimate of drug-likeness (QED) is 0.319. The van der Waals surface area contributed by atoms with Crippen LogP contribution in [0.5, 0.6) is 17.2 Å². The van der Waals surface area contributed by atoms with Crippen LogP contribution in [0, 0.1) is 12.8 Å². The fourth-order valence-corrected chi connectivity index (χ4v) is 5.12. The Labute approximate surface area is 219 Å². The first-order valence-corrected chi connectivity index (χ1v) is 12.7. The number of benzene rings is 2. The molecule has 0 spiro atoms. The van der Waals surface area contributed by atoms with E-state index in [0.29, 0.717) is 39.2 Å². The van der Waals surface area contributed by atoms with Gasteiger partial charge in [-0.15, -0.1) is 0 Å². The number of hydrogen-bond acceptors (Lipinski definition) is 7. The van der Waals surface area contributed by atoms with Crippen LogP contribution in [-0.2, 0) is 6.54 Å². The van der Waals surface area contributed by atoms with Crippen LogP contribution in [0.3, 0.4) is 0 Å². The number of aromatic nitrogens is 6. The van der Waals surface area contributed by atoms with Gasteiger partial charge in [-0.1, -0.05) is 11.6 Å². The van der Waals surface area contributed by atoms with E-state index >= 15 is 0 Å². The van der Waals surface area contributed by atoms with Crippen molar-refractivity contribution in [2.24, 2.45) is 5.92 Å². The number of ether oxygens (including phenoxy) is 2. The van der Waals surface area contributed by atoms with Crippen LogP contribution < -0.4 is 9.47 Å². The topological polar surface area (TPSA) is 94.0 Å². The number of H-pyrrole nitrogens is 1. The van der Waals surface area contributed by atoms with E-state index in [0.717, 1.165) is 47.7 Å². The number of piperidine rings is 1. The number of aromatic amines is 1. The Hall–Kier alpha value is -3.69. The number of nitrogens with one attached hydrogen (secondary N) is 1. The second kappa shape index (κ2) is 9.64. The van der Waals surface area contributed by atoms with Gasteiger partial charge in [0.05, 0.1) is 36.2 Å². The summed E-state index contributed by atoms with van der Waals surface area (Å²) in [6, 6.07) is 7.32. The van der Waals surface area contributed by atoms with Crippen LogP contribution in [0.2, 0.25) is 5.02 Å². The van der Waals surface area contributed by atoms with Crippen molar-refractivity contribution in [1.82, 2.24) is 34.6 Å². The molecule has 6 rings (SSSR count). The van der Waals surface area contributed by atoms with Gasteiger partial charge in [-0.25, -0.2) is 9.97 Å². The van der Waals surface area contributed by atoms with Crippen molar-refractivity contribution in [2.45, 2.75) is 26.3 Å². The van der Waals surface area contributed by atoms with Gasteiger partial charge < -0.3 is 19.4 Å². The zero-order valence-corrected chi connectivity index (χ0v) is 21.8. The van der Waals surface area contributed by atoms with Crippen LogP contribution in [-0.4, -0.2) is 61.9 Å². The van der Waals surface area contributed by atoms with Crippen molar-refractivity contribution in [1.29, 1.82) is 0 Å². The lowest BCUT2D eigenvalue weighted by molar-refractivity contribution is 0.201. The van der Waals surface area contributed by atoms with Gasteiger partial charge in [0.1, 0.15) is 39.1 Å². The van der Waals surface area contributed by atoms with Crippen molar-refractivity contribution in [3.8, 4) is 28.5 Å². The summed E-state index contributed by atoms with van der Waals surface area (Å²) in [5.74, 6) is 3.12. The Morgan fingerprint density at radius 2 is 1.92 bits per heavy atom. The molecule has 1 fully saturated rings. The minimum absolute atomic E-state index is 0.394. The van der Waals surface area contributed by atoms with Crippen LogP contribution in [0.4, 0.5) is 0 Å². The Kier molecular flexibility index (Phi) is 6.18. The molecule has 3 aromatic heterocycles. The molecule has 0 atom stereocenters. The predicted molar refractivity (Wildman–Crippen MR) is 143 cm³/mol. The molecular weight excluding hydrogens is 490 g/mol. The maximum Gasteiger partial charge on any atom is 0.150 e. The van der Waals surface area contributed by atoms with E-state index in [9.17, 15) is 0 Å². The molecule has 0 aliphatic carbocycles. The van der Waals surface area contributed by atoms with E-state index in [2.05, 4.69) is 32.0 Å². The Morgan fingerprint density at radius 3 is 2.73 bits per heavy atom. The molecule has 10 heteroatoms. The number of imidazole rings is 1. The van der Waals surface area contributed by atoms with E-state index < -0.39 is 0 Å². The largest absolute Gasteiger partial charge is 0.494 e. The molecule has 1 saturated heterocycles. The summed E-state index contributed by atoms with van der Waals surface area (Å²) >= 11 is 6.79. The molecule has 0 saturated carbocycles. The van der Waals surface area contributed by atoms with E-state index in [1.165, 1.54) is 12.8 Å². The first-order chi connectivity index (χ1) is 18.0. The lowest BCUT2D eigenvalue weighted by Crippen LogP contribution is -2.31. The van der Waals surface area contributed by atoms with Gasteiger partial charge in [0, 0.05) is 30.4 Å². The highest BCUT2D eigenvalue weighted by molar-refractivity contribution is 6.36. The van der Waals surface area contributed by atoms with Gasteiger partial charge in [-0.05, 0) is 58.0 Å². The SMILES string of the molecule is COc1cc(Oc2ccc3ncc(-c4cnn(CC5CCN(C)CC5)c4)nc3c2Cl)cc2[nH]c(C)nc12. The third-order valence-electron chi connectivity index (χ3n) is 6.92. The number of nitrogens with zero attached hydrogens (tertiary/aromatic N) is 6. The average molecular weight is 518 g/mol. The molecule has 1 aliphatic heterocycles. The highest BCUT2D eigenvalue weighted by Gasteiger charge is 2.18. The van der Waals surface area contributed by atoms with Crippen molar-refractivity contribution >= 4 is 33.7 Å². The maximum atomic E-state index is 6.79. The van der Waals surface area contributed by atoms with E-state index in [4.69, 9.17) is 26.1 Å². The number of methoxy groups -OCH3 is 1. The summed E-state index contributed by atoms with van der Waals surface area (Å²) in [5, 5.41) is 4.98. The minimum atomic E-state index is 0.394. The van der Waals surface area contributed by atoms with E-state index in [1.807, 2.05) is 36.1 Å². The highest BCUT2D eigenvalue weighted by Crippen LogP contribution is 2.37. The Balaban J connectivity index is 1.27. The third-order valence-corrected chi connectivity index (χ3v) is 7.29. The molecule has 0 unspecified atom stereocenters. The summed E-state index contributed by atoms with van der Waals surface area (Å²) in [6.45, 7) is 5.09. The van der Waals surface area contributed by atoms with Crippen molar-refractivity contribution < 1.29 is 9.47 Å². The summed E-state index contributed by atoms with van der Waals surface area (Å²) in [6.07, 6.45) is 8.02. The van der Waals surface area contributed by atoms with Gasteiger partial charge in [-0.2, -0.15) is 5.10 Å². The smallest absolute Gasteiger partial charge is 0.150 e. The molecule has 2 aromatic carbocycles. The fraction of sp³-hybridized carbons (Fsp3) is 0.333. The van der Waals surface area contributed by atoms with E-state index in [1.54, 1.807) is 25.4 Å². The summed E-state index contributed by atoms with van der Waals surface area (Å²) in [4.78, 5) is 19.5. The number of aryl methyl sites for hydroxylation is 1.